The molecule has 0 fully saturated rings. The summed E-state index contributed by atoms with van der Waals surface area (Å²) in [5.41, 5.74) is 0.993. The van der Waals surface area contributed by atoms with Crippen molar-refractivity contribution >= 4 is 39.3 Å². The van der Waals surface area contributed by atoms with E-state index in [2.05, 4.69) is 11.9 Å². The molecule has 2 aromatic rings. The topological polar surface area (TPSA) is 119 Å². The lowest BCUT2D eigenvalue weighted by Crippen LogP contribution is -2.38. The van der Waals surface area contributed by atoms with Crippen LogP contribution in [0.3, 0.4) is 0 Å². The van der Waals surface area contributed by atoms with E-state index in [1.807, 2.05) is 0 Å². The number of methoxy groups -OCH3 is 1. The molecule has 3 rings (SSSR count). The maximum absolute atomic E-state index is 13.6. The van der Waals surface area contributed by atoms with Gasteiger partial charge in [-0.15, -0.1) is 0 Å². The van der Waals surface area contributed by atoms with Gasteiger partial charge in [0.25, 0.3) is 11.8 Å². The average molecular weight is 487 g/mol. The molecule has 1 aliphatic heterocycles. The van der Waals surface area contributed by atoms with Gasteiger partial charge in [0, 0.05) is 13.2 Å². The molecule has 10 heteroatoms. The Bertz CT molecular complexity index is 1280. The number of ether oxygens (including phenoxy) is 2. The lowest BCUT2D eigenvalue weighted by atomic mass is 10.0. The maximum Gasteiger partial charge on any atom is 0.264 e. The highest BCUT2D eigenvalue weighted by Gasteiger charge is 2.44. The summed E-state index contributed by atoms with van der Waals surface area (Å²) in [6, 6.07) is 6.67. The van der Waals surface area contributed by atoms with Gasteiger partial charge in [-0.2, -0.15) is 0 Å². The highest BCUT2D eigenvalue weighted by Crippen LogP contribution is 2.40. The normalized spacial score (nSPS) is 13.9. The third kappa shape index (κ3) is 4.81. The minimum Gasteiger partial charge on any atom is -0.493 e. The van der Waals surface area contributed by atoms with Crippen molar-refractivity contribution in [3.63, 3.8) is 0 Å². The third-order valence-electron chi connectivity index (χ3n) is 5.28. The van der Waals surface area contributed by atoms with Crippen LogP contribution in [-0.4, -0.2) is 56.8 Å². The minimum absolute atomic E-state index is 0.00496. The van der Waals surface area contributed by atoms with Crippen molar-refractivity contribution in [3.8, 4) is 11.5 Å². The van der Waals surface area contributed by atoms with Gasteiger partial charge in [0.05, 0.1) is 42.3 Å². The minimum atomic E-state index is -3.64. The predicted molar refractivity (Wildman–Crippen MR) is 128 cm³/mol. The van der Waals surface area contributed by atoms with Gasteiger partial charge in [-0.05, 0) is 36.2 Å². The summed E-state index contributed by atoms with van der Waals surface area (Å²) in [4.78, 5) is 39.7. The molecule has 0 radical (unpaired) electrons. The predicted octanol–water partition coefficient (Wildman–Crippen LogP) is 3.08. The first-order chi connectivity index (χ1) is 16.0. The summed E-state index contributed by atoms with van der Waals surface area (Å²) in [7, 11) is -2.17. The fraction of sp³-hybridized carbons (Fsp3) is 0.292. The van der Waals surface area contributed by atoms with Crippen molar-refractivity contribution in [1.29, 1.82) is 0 Å². The average Bonchev–Trinajstić information content (AvgIpc) is 3.02. The van der Waals surface area contributed by atoms with Crippen LogP contribution in [-0.2, 0) is 14.6 Å². The number of fused-ring (bicyclic) bond motifs is 1. The Morgan fingerprint density at radius 2 is 1.82 bits per heavy atom. The van der Waals surface area contributed by atoms with Gasteiger partial charge in [0.1, 0.15) is 9.84 Å². The van der Waals surface area contributed by atoms with Crippen molar-refractivity contribution in [2.24, 2.45) is 0 Å². The molecule has 9 nitrogen and oxygen atoms in total. The summed E-state index contributed by atoms with van der Waals surface area (Å²) >= 11 is 0. The van der Waals surface area contributed by atoms with Crippen LogP contribution in [0.25, 0.3) is 6.08 Å². The van der Waals surface area contributed by atoms with E-state index in [0.29, 0.717) is 29.2 Å². The number of carbonyl (C=O) groups is 3. The monoisotopic (exact) mass is 486 g/mol. The number of hydrogen-bond acceptors (Lipinski definition) is 7. The summed E-state index contributed by atoms with van der Waals surface area (Å²) in [5, 5.41) is 2.57. The number of nitrogens with one attached hydrogen (secondary N) is 1. The fourth-order valence-electron chi connectivity index (χ4n) is 3.93. The number of imide groups is 1. The van der Waals surface area contributed by atoms with Crippen LogP contribution < -0.4 is 14.8 Å². The van der Waals surface area contributed by atoms with E-state index in [-0.39, 0.29) is 16.8 Å². The second-order valence-electron chi connectivity index (χ2n) is 7.77. The fourth-order valence-corrected chi connectivity index (χ4v) is 4.84. The second kappa shape index (κ2) is 9.68. The van der Waals surface area contributed by atoms with E-state index in [1.54, 1.807) is 31.2 Å². The Kier molecular flexibility index (Phi) is 7.11. The van der Waals surface area contributed by atoms with Gasteiger partial charge < -0.3 is 14.8 Å². The molecule has 0 bridgehead atoms. The molecule has 0 spiro atoms. The van der Waals surface area contributed by atoms with E-state index in [9.17, 15) is 22.8 Å². The Hall–Kier alpha value is -3.66. The van der Waals surface area contributed by atoms with E-state index >= 15 is 0 Å². The summed E-state index contributed by atoms with van der Waals surface area (Å²) in [6.07, 6.45) is 2.46. The first kappa shape index (κ1) is 25.0. The van der Waals surface area contributed by atoms with Crippen molar-refractivity contribution in [2.45, 2.75) is 19.9 Å². The SMILES string of the molecule is C=Cc1ccc(NC(C)=O)c2c1C(=O)N([C@H](CS(C)(=O)=O)c1ccc(OC)c(OCC)c1)C2=O. The summed E-state index contributed by atoms with van der Waals surface area (Å²) in [6.45, 7) is 7.09. The third-order valence-corrected chi connectivity index (χ3v) is 6.20. The van der Waals surface area contributed by atoms with Gasteiger partial charge in [0.15, 0.2) is 11.5 Å². The van der Waals surface area contributed by atoms with Crippen molar-refractivity contribution < 1.29 is 32.3 Å². The molecular formula is C24H26N2O7S. The quantitative estimate of drug-likeness (QED) is 0.541. The molecule has 34 heavy (non-hydrogen) atoms. The largest absolute Gasteiger partial charge is 0.493 e. The van der Waals surface area contributed by atoms with Crippen LogP contribution in [0.15, 0.2) is 36.9 Å². The zero-order chi connectivity index (χ0) is 25.2. The van der Waals surface area contributed by atoms with Crippen LogP contribution in [0.5, 0.6) is 11.5 Å². The first-order valence-electron chi connectivity index (χ1n) is 10.5. The van der Waals surface area contributed by atoms with Crippen molar-refractivity contribution in [1.82, 2.24) is 4.90 Å². The van der Waals surface area contributed by atoms with E-state index in [0.717, 1.165) is 11.2 Å². The molecule has 0 saturated carbocycles. The molecule has 3 amide bonds. The van der Waals surface area contributed by atoms with E-state index in [1.165, 1.54) is 26.2 Å². The van der Waals surface area contributed by atoms with Gasteiger partial charge in [-0.3, -0.25) is 19.3 Å². The number of amides is 3. The lowest BCUT2D eigenvalue weighted by Gasteiger charge is -2.27. The zero-order valence-electron chi connectivity index (χ0n) is 19.4. The Labute approximate surface area is 198 Å². The van der Waals surface area contributed by atoms with Crippen LogP contribution in [0, 0.1) is 0 Å². The molecule has 1 heterocycles. The molecule has 1 aliphatic rings. The molecule has 1 N–H and O–H groups in total. The maximum atomic E-state index is 13.6. The van der Waals surface area contributed by atoms with Gasteiger partial charge >= 0.3 is 0 Å². The molecule has 0 aliphatic carbocycles. The van der Waals surface area contributed by atoms with Gasteiger partial charge in [0.2, 0.25) is 5.91 Å². The number of anilines is 1. The van der Waals surface area contributed by atoms with Crippen LogP contribution in [0.4, 0.5) is 5.69 Å². The Morgan fingerprint density at radius 3 is 2.38 bits per heavy atom. The van der Waals surface area contributed by atoms with Crippen LogP contribution >= 0.6 is 0 Å². The second-order valence-corrected chi connectivity index (χ2v) is 9.95. The molecular weight excluding hydrogens is 460 g/mol. The molecule has 0 saturated heterocycles. The Balaban J connectivity index is 2.21. The lowest BCUT2D eigenvalue weighted by molar-refractivity contribution is -0.114. The first-order valence-corrected chi connectivity index (χ1v) is 12.5. The summed E-state index contributed by atoms with van der Waals surface area (Å²) in [5.74, 6) is -1.54. The standard InChI is InChI=1S/C24H26N2O7S/c1-6-15-8-10-17(25-14(3)27)22-21(15)23(28)26(24(22)29)18(13-34(5,30)31)16-9-11-19(32-4)20(12-16)33-7-2/h6,8-12,18H,1,7,13H2,2-5H3,(H,25,27)/t18-/m1/s1. The number of benzene rings is 2. The number of carbonyl (C=O) groups excluding carboxylic acids is 3. The molecule has 1 atom stereocenters. The van der Waals surface area contributed by atoms with Gasteiger partial charge in [-0.25, -0.2) is 8.42 Å². The molecule has 0 unspecified atom stereocenters. The van der Waals surface area contributed by atoms with Crippen molar-refractivity contribution in [3.05, 3.63) is 59.2 Å². The number of sulfone groups is 1. The summed E-state index contributed by atoms with van der Waals surface area (Å²) < 4.78 is 35.6. The molecule has 180 valence electrons. The highest BCUT2D eigenvalue weighted by atomic mass is 32.2. The Morgan fingerprint density at radius 1 is 1.15 bits per heavy atom. The number of nitrogens with zero attached hydrogens (tertiary/aromatic N) is 1. The van der Waals surface area contributed by atoms with Crippen LogP contribution in [0.1, 0.15) is 51.7 Å². The number of hydrogen-bond donors (Lipinski definition) is 1. The van der Waals surface area contributed by atoms with Crippen molar-refractivity contribution in [2.75, 3.05) is 31.0 Å². The highest BCUT2D eigenvalue weighted by molar-refractivity contribution is 7.90. The van der Waals surface area contributed by atoms with Crippen LogP contribution in [0.2, 0.25) is 0 Å². The van der Waals surface area contributed by atoms with E-state index < -0.39 is 39.4 Å². The molecule has 0 aromatic heterocycles. The zero-order valence-corrected chi connectivity index (χ0v) is 20.2. The van der Waals surface area contributed by atoms with Gasteiger partial charge in [-0.1, -0.05) is 24.8 Å². The smallest absolute Gasteiger partial charge is 0.264 e. The molecule has 2 aromatic carbocycles. The van der Waals surface area contributed by atoms with E-state index in [4.69, 9.17) is 9.47 Å². The number of rotatable bonds is 9.